The Morgan fingerprint density at radius 1 is 1.30 bits per heavy atom. The van der Waals surface area contributed by atoms with Gasteiger partial charge in [0.1, 0.15) is 17.1 Å². The van der Waals surface area contributed by atoms with Gasteiger partial charge in [-0.1, -0.05) is 12.1 Å². The Bertz CT molecular complexity index is 902. The van der Waals surface area contributed by atoms with Crippen LogP contribution in [0.4, 0.5) is 4.39 Å². The fourth-order valence-corrected chi connectivity index (χ4v) is 3.00. The number of rotatable bonds is 4. The second-order valence-electron chi connectivity index (χ2n) is 5.19. The van der Waals surface area contributed by atoms with Crippen LogP contribution < -0.4 is 5.56 Å². The van der Waals surface area contributed by atoms with E-state index in [1.54, 1.807) is 30.6 Å². The molecule has 5 nitrogen and oxygen atoms in total. The molecule has 0 saturated heterocycles. The lowest BCUT2D eigenvalue weighted by Gasteiger charge is -2.17. The predicted molar refractivity (Wildman–Crippen MR) is 86.8 cm³/mol. The number of likely N-dealkylation sites (N-methyl/N-ethyl adjacent to an activating group) is 1. The molecule has 0 spiro atoms. The molecule has 2 aromatic heterocycles. The number of thiophene rings is 1. The molecule has 2 heterocycles. The summed E-state index contributed by atoms with van der Waals surface area (Å²) in [4.78, 5) is 30.2. The summed E-state index contributed by atoms with van der Waals surface area (Å²) in [5, 5.41) is 1.80. The Kier molecular flexibility index (Phi) is 4.20. The SMILES string of the molecule is CN(Cc1ccc(F)cc1)C(=O)Cn1cnc2ccsc2c1=O. The van der Waals surface area contributed by atoms with Gasteiger partial charge in [0.2, 0.25) is 5.91 Å². The van der Waals surface area contributed by atoms with E-state index < -0.39 is 0 Å². The van der Waals surface area contributed by atoms with Crippen LogP contribution in [0.2, 0.25) is 0 Å². The molecule has 0 radical (unpaired) electrons. The highest BCUT2D eigenvalue weighted by molar-refractivity contribution is 7.17. The van der Waals surface area contributed by atoms with E-state index in [-0.39, 0.29) is 23.8 Å². The van der Waals surface area contributed by atoms with Crippen LogP contribution in [0.15, 0.2) is 46.8 Å². The number of nitrogens with zero attached hydrogens (tertiary/aromatic N) is 3. The summed E-state index contributed by atoms with van der Waals surface area (Å²) in [7, 11) is 1.65. The van der Waals surface area contributed by atoms with Gasteiger partial charge in [-0.15, -0.1) is 11.3 Å². The smallest absolute Gasteiger partial charge is 0.271 e. The van der Waals surface area contributed by atoms with Gasteiger partial charge in [0.25, 0.3) is 5.56 Å². The van der Waals surface area contributed by atoms with Crippen molar-refractivity contribution in [3.63, 3.8) is 0 Å². The van der Waals surface area contributed by atoms with Crippen LogP contribution in [0.1, 0.15) is 5.56 Å². The number of carbonyl (C=O) groups is 1. The van der Waals surface area contributed by atoms with E-state index in [0.29, 0.717) is 16.8 Å². The summed E-state index contributed by atoms with van der Waals surface area (Å²) >= 11 is 1.31. The molecule has 1 amide bonds. The van der Waals surface area contributed by atoms with E-state index >= 15 is 0 Å². The number of hydrogen-bond acceptors (Lipinski definition) is 4. The van der Waals surface area contributed by atoms with Crippen molar-refractivity contribution in [2.45, 2.75) is 13.1 Å². The molecule has 0 atom stereocenters. The van der Waals surface area contributed by atoms with Crippen molar-refractivity contribution in [2.24, 2.45) is 0 Å². The van der Waals surface area contributed by atoms with Gasteiger partial charge in [0, 0.05) is 13.6 Å². The Hall–Kier alpha value is -2.54. The average Bonchev–Trinajstić information content (AvgIpc) is 3.01. The second kappa shape index (κ2) is 6.29. The third-order valence-corrected chi connectivity index (χ3v) is 4.39. The maximum Gasteiger partial charge on any atom is 0.271 e. The van der Waals surface area contributed by atoms with Crippen molar-refractivity contribution in [2.75, 3.05) is 7.05 Å². The summed E-state index contributed by atoms with van der Waals surface area (Å²) in [5.74, 6) is -0.529. The molecule has 0 aliphatic heterocycles. The number of aromatic nitrogens is 2. The molecule has 0 aliphatic rings. The number of hydrogen-bond donors (Lipinski definition) is 0. The molecule has 0 bridgehead atoms. The Morgan fingerprint density at radius 2 is 2.04 bits per heavy atom. The maximum atomic E-state index is 12.9. The molecule has 0 fully saturated rings. The maximum absolute atomic E-state index is 12.9. The van der Waals surface area contributed by atoms with E-state index in [4.69, 9.17) is 0 Å². The summed E-state index contributed by atoms with van der Waals surface area (Å²) in [6, 6.07) is 7.74. The molecular formula is C16H14FN3O2S. The van der Waals surface area contributed by atoms with Crippen LogP contribution in [-0.2, 0) is 17.9 Å². The van der Waals surface area contributed by atoms with Crippen LogP contribution in [0.3, 0.4) is 0 Å². The minimum Gasteiger partial charge on any atom is -0.340 e. The Labute approximate surface area is 135 Å². The largest absolute Gasteiger partial charge is 0.340 e. The zero-order valence-corrected chi connectivity index (χ0v) is 13.2. The van der Waals surface area contributed by atoms with Crippen LogP contribution in [0.25, 0.3) is 10.2 Å². The highest BCUT2D eigenvalue weighted by Gasteiger charge is 2.13. The molecule has 0 aliphatic carbocycles. The number of benzene rings is 1. The lowest BCUT2D eigenvalue weighted by atomic mass is 10.2. The first-order chi connectivity index (χ1) is 11.0. The van der Waals surface area contributed by atoms with Crippen LogP contribution in [-0.4, -0.2) is 27.4 Å². The lowest BCUT2D eigenvalue weighted by Crippen LogP contribution is -2.33. The van der Waals surface area contributed by atoms with Crippen molar-refractivity contribution in [3.05, 3.63) is 63.8 Å². The monoisotopic (exact) mass is 331 g/mol. The van der Waals surface area contributed by atoms with Gasteiger partial charge >= 0.3 is 0 Å². The van der Waals surface area contributed by atoms with Gasteiger partial charge in [0.15, 0.2) is 0 Å². The van der Waals surface area contributed by atoms with Crippen LogP contribution in [0.5, 0.6) is 0 Å². The van der Waals surface area contributed by atoms with Gasteiger partial charge in [-0.2, -0.15) is 0 Å². The van der Waals surface area contributed by atoms with E-state index in [0.717, 1.165) is 5.56 Å². The average molecular weight is 331 g/mol. The fraction of sp³-hybridized carbons (Fsp3) is 0.188. The first-order valence-electron chi connectivity index (χ1n) is 6.95. The van der Waals surface area contributed by atoms with Crippen molar-refractivity contribution in [1.29, 1.82) is 0 Å². The molecule has 7 heteroatoms. The third kappa shape index (κ3) is 3.29. The van der Waals surface area contributed by atoms with Gasteiger partial charge in [-0.3, -0.25) is 14.2 Å². The van der Waals surface area contributed by atoms with Crippen molar-refractivity contribution >= 4 is 27.5 Å². The minimum absolute atomic E-state index is 0.0721. The Balaban J connectivity index is 1.73. The molecular weight excluding hydrogens is 317 g/mol. The van der Waals surface area contributed by atoms with Crippen molar-refractivity contribution in [1.82, 2.24) is 14.5 Å². The lowest BCUT2D eigenvalue weighted by molar-refractivity contribution is -0.131. The number of amides is 1. The minimum atomic E-state index is -0.315. The standard InChI is InChI=1S/C16H14FN3O2S/c1-19(8-11-2-4-12(17)5-3-11)14(21)9-20-10-18-13-6-7-23-15(13)16(20)22/h2-7,10H,8-9H2,1H3. The van der Waals surface area contributed by atoms with E-state index in [1.165, 1.54) is 39.3 Å². The summed E-state index contributed by atoms with van der Waals surface area (Å²) in [6.45, 7) is 0.278. The molecule has 118 valence electrons. The molecule has 1 aromatic carbocycles. The van der Waals surface area contributed by atoms with Crippen LogP contribution >= 0.6 is 11.3 Å². The van der Waals surface area contributed by atoms with Gasteiger partial charge in [-0.25, -0.2) is 9.37 Å². The van der Waals surface area contributed by atoms with Crippen LogP contribution in [0, 0.1) is 5.82 Å². The van der Waals surface area contributed by atoms with E-state index in [2.05, 4.69) is 4.98 Å². The number of carbonyl (C=O) groups excluding carboxylic acids is 1. The van der Waals surface area contributed by atoms with Gasteiger partial charge in [-0.05, 0) is 29.1 Å². The number of halogens is 1. The summed E-state index contributed by atoms with van der Waals surface area (Å²) in [5.41, 5.74) is 1.25. The summed E-state index contributed by atoms with van der Waals surface area (Å²) < 4.78 is 14.7. The predicted octanol–water partition coefficient (Wildman–Crippen LogP) is 2.26. The Morgan fingerprint density at radius 3 is 2.78 bits per heavy atom. The van der Waals surface area contributed by atoms with Crippen molar-refractivity contribution < 1.29 is 9.18 Å². The van der Waals surface area contributed by atoms with Gasteiger partial charge in [0.05, 0.1) is 11.8 Å². The number of fused-ring (bicyclic) bond motifs is 1. The molecule has 0 saturated carbocycles. The van der Waals surface area contributed by atoms with E-state index in [1.807, 2.05) is 0 Å². The van der Waals surface area contributed by atoms with E-state index in [9.17, 15) is 14.0 Å². The zero-order valence-electron chi connectivity index (χ0n) is 12.4. The first-order valence-corrected chi connectivity index (χ1v) is 7.83. The summed E-state index contributed by atoms with van der Waals surface area (Å²) in [6.07, 6.45) is 1.39. The molecule has 0 unspecified atom stereocenters. The quantitative estimate of drug-likeness (QED) is 0.737. The highest BCUT2D eigenvalue weighted by Crippen LogP contribution is 2.13. The second-order valence-corrected chi connectivity index (χ2v) is 6.10. The normalized spacial score (nSPS) is 10.9. The molecule has 3 rings (SSSR count). The first kappa shape index (κ1) is 15.4. The highest BCUT2D eigenvalue weighted by atomic mass is 32.1. The molecule has 3 aromatic rings. The fourth-order valence-electron chi connectivity index (χ4n) is 2.21. The van der Waals surface area contributed by atoms with Crippen molar-refractivity contribution in [3.8, 4) is 0 Å². The molecule has 23 heavy (non-hydrogen) atoms. The zero-order chi connectivity index (χ0) is 16.4. The molecule has 0 N–H and O–H groups in total. The van der Waals surface area contributed by atoms with Gasteiger partial charge < -0.3 is 4.90 Å². The topological polar surface area (TPSA) is 55.2 Å². The third-order valence-electron chi connectivity index (χ3n) is 3.50.